The Kier molecular flexibility index (Phi) is 12.1. The van der Waals surface area contributed by atoms with E-state index in [1.165, 1.54) is 6.92 Å². The molecule has 1 heterocycles. The highest BCUT2D eigenvalue weighted by Gasteiger charge is 2.38. The van der Waals surface area contributed by atoms with E-state index in [1.54, 1.807) is 18.2 Å². The minimum atomic E-state index is -0.830. The second kappa shape index (κ2) is 14.8. The summed E-state index contributed by atoms with van der Waals surface area (Å²) in [6, 6.07) is 6.85. The van der Waals surface area contributed by atoms with Gasteiger partial charge in [0.2, 0.25) is 0 Å². The maximum Gasteiger partial charge on any atom is 0.170 e. The van der Waals surface area contributed by atoms with Gasteiger partial charge in [0.05, 0.1) is 30.8 Å². The summed E-state index contributed by atoms with van der Waals surface area (Å²) in [4.78, 5) is 36.4. The zero-order valence-electron chi connectivity index (χ0n) is 23.9. The summed E-state index contributed by atoms with van der Waals surface area (Å²) in [5.74, 6) is 1.21. The number of phenols is 1. The number of carbonyl (C=O) groups is 3. The molecule has 1 aliphatic rings. The Labute approximate surface area is 235 Å². The smallest absolute Gasteiger partial charge is 0.170 e. The number of aromatic hydroxyl groups is 1. The van der Waals surface area contributed by atoms with Gasteiger partial charge in [0.1, 0.15) is 35.2 Å². The minimum absolute atomic E-state index is 0. The third kappa shape index (κ3) is 7.82. The predicted molar refractivity (Wildman–Crippen MR) is 151 cm³/mol. The van der Waals surface area contributed by atoms with Crippen molar-refractivity contribution in [2.24, 2.45) is 0 Å². The number of benzene rings is 2. The molecule has 0 saturated heterocycles. The molecule has 40 heavy (non-hydrogen) atoms. The van der Waals surface area contributed by atoms with E-state index in [-0.39, 0.29) is 41.4 Å². The Bertz CT molecular complexity index is 1200. The number of aliphatic hydroxyl groups is 1. The molecule has 0 bridgehead atoms. The molecule has 0 fully saturated rings. The van der Waals surface area contributed by atoms with Gasteiger partial charge < -0.3 is 29.9 Å². The number of hydrogen-bond acceptors (Lipinski definition) is 8. The van der Waals surface area contributed by atoms with Crippen LogP contribution in [0.2, 0.25) is 0 Å². The fourth-order valence-corrected chi connectivity index (χ4v) is 4.86. The monoisotopic (exact) mass is 558 g/mol. The number of ether oxygens (including phenoxy) is 3. The van der Waals surface area contributed by atoms with Gasteiger partial charge in [-0.05, 0) is 57.4 Å². The van der Waals surface area contributed by atoms with E-state index in [2.05, 4.69) is 0 Å². The maximum absolute atomic E-state index is 13.0. The first-order valence-electron chi connectivity index (χ1n) is 13.8. The molecule has 0 radical (unpaired) electrons. The van der Waals surface area contributed by atoms with Crippen LogP contribution >= 0.6 is 0 Å². The summed E-state index contributed by atoms with van der Waals surface area (Å²) >= 11 is 0. The minimum Gasteiger partial charge on any atom is -0.507 e. The van der Waals surface area contributed by atoms with Crippen LogP contribution in [0.5, 0.6) is 23.0 Å². The van der Waals surface area contributed by atoms with Crippen LogP contribution in [0.15, 0.2) is 24.3 Å². The van der Waals surface area contributed by atoms with E-state index >= 15 is 0 Å². The van der Waals surface area contributed by atoms with Gasteiger partial charge in [0.15, 0.2) is 17.3 Å². The second-order valence-corrected chi connectivity index (χ2v) is 10.3. The Morgan fingerprint density at radius 2 is 1.60 bits per heavy atom. The number of carbonyl (C=O) groups excluding carboxylic acids is 3. The third-order valence-electron chi connectivity index (χ3n) is 6.93. The zero-order chi connectivity index (χ0) is 28.6. The largest absolute Gasteiger partial charge is 0.507 e. The van der Waals surface area contributed by atoms with Crippen LogP contribution in [-0.4, -0.2) is 58.5 Å². The van der Waals surface area contributed by atoms with Crippen LogP contribution in [0, 0.1) is 0 Å². The van der Waals surface area contributed by atoms with Crippen molar-refractivity contribution in [3.63, 3.8) is 0 Å². The first-order valence-corrected chi connectivity index (χ1v) is 13.8. The highest BCUT2D eigenvalue weighted by atomic mass is 16.5. The SMILES string of the molecule is CCCc1c(OCCCOc2ccc3c(c2CCC)OC(C)(CCC(=O)CO)CC3=O)ccc(C(C)=O)c1O.O. The molecule has 0 amide bonds. The van der Waals surface area contributed by atoms with Crippen molar-refractivity contribution in [2.75, 3.05) is 19.8 Å². The van der Waals surface area contributed by atoms with Gasteiger partial charge in [-0.1, -0.05) is 26.7 Å². The molecule has 4 N–H and O–H groups in total. The van der Waals surface area contributed by atoms with Crippen LogP contribution in [-0.2, 0) is 17.6 Å². The van der Waals surface area contributed by atoms with Crippen molar-refractivity contribution in [1.29, 1.82) is 0 Å². The van der Waals surface area contributed by atoms with Crippen molar-refractivity contribution in [3.05, 3.63) is 46.5 Å². The molecule has 2 aromatic carbocycles. The van der Waals surface area contributed by atoms with E-state index in [4.69, 9.17) is 19.3 Å². The van der Waals surface area contributed by atoms with E-state index in [9.17, 15) is 19.5 Å². The van der Waals surface area contributed by atoms with Gasteiger partial charge in [-0.25, -0.2) is 0 Å². The van der Waals surface area contributed by atoms with Gasteiger partial charge in [-0.3, -0.25) is 14.4 Å². The number of rotatable bonds is 15. The average molecular weight is 559 g/mol. The average Bonchev–Trinajstić information content (AvgIpc) is 2.89. The Hall–Kier alpha value is -3.43. The van der Waals surface area contributed by atoms with Crippen LogP contribution < -0.4 is 14.2 Å². The third-order valence-corrected chi connectivity index (χ3v) is 6.93. The Morgan fingerprint density at radius 1 is 1.00 bits per heavy atom. The number of aliphatic hydroxyl groups excluding tert-OH is 1. The number of ketones is 3. The number of hydrogen-bond donors (Lipinski definition) is 2. The predicted octanol–water partition coefficient (Wildman–Crippen LogP) is 4.59. The van der Waals surface area contributed by atoms with E-state index < -0.39 is 12.2 Å². The quantitative estimate of drug-likeness (QED) is 0.238. The van der Waals surface area contributed by atoms with Crippen molar-refractivity contribution in [1.82, 2.24) is 0 Å². The summed E-state index contributed by atoms with van der Waals surface area (Å²) in [6.07, 6.45) is 4.12. The molecule has 0 saturated carbocycles. The van der Waals surface area contributed by atoms with E-state index in [0.717, 1.165) is 18.4 Å². The fraction of sp³-hybridized carbons (Fsp3) is 0.516. The molecule has 9 heteroatoms. The van der Waals surface area contributed by atoms with Crippen molar-refractivity contribution in [3.8, 4) is 23.0 Å². The maximum atomic E-state index is 13.0. The number of phenolic OH excluding ortho intramolecular Hbond substituents is 1. The van der Waals surface area contributed by atoms with E-state index in [1.807, 2.05) is 26.8 Å². The molecule has 2 aromatic rings. The molecule has 1 aliphatic heterocycles. The molecule has 1 atom stereocenters. The molecule has 220 valence electrons. The zero-order valence-corrected chi connectivity index (χ0v) is 23.9. The lowest BCUT2D eigenvalue weighted by molar-refractivity contribution is -0.122. The summed E-state index contributed by atoms with van der Waals surface area (Å²) in [5.41, 5.74) is 1.46. The van der Waals surface area contributed by atoms with Gasteiger partial charge in [-0.15, -0.1) is 0 Å². The lowest BCUT2D eigenvalue weighted by atomic mass is 9.86. The molecule has 0 aliphatic carbocycles. The summed E-state index contributed by atoms with van der Waals surface area (Å²) in [6.45, 7) is 7.50. The summed E-state index contributed by atoms with van der Waals surface area (Å²) in [7, 11) is 0. The van der Waals surface area contributed by atoms with Crippen LogP contribution in [0.1, 0.15) is 98.1 Å². The van der Waals surface area contributed by atoms with Gasteiger partial charge in [0.25, 0.3) is 0 Å². The molecule has 1 unspecified atom stereocenters. The molecule has 0 spiro atoms. The molecule has 3 rings (SSSR count). The normalized spacial score (nSPS) is 16.0. The Balaban J connectivity index is 0.00000560. The second-order valence-electron chi connectivity index (χ2n) is 10.3. The summed E-state index contributed by atoms with van der Waals surface area (Å²) in [5, 5.41) is 19.6. The number of Topliss-reactive ketones (excluding diaryl/α,β-unsaturated/α-hetero) is 3. The van der Waals surface area contributed by atoms with Gasteiger partial charge >= 0.3 is 0 Å². The summed E-state index contributed by atoms with van der Waals surface area (Å²) < 4.78 is 18.4. The standard InChI is InChI=1S/C31H40O8.H2O/c1-5-8-24-27(12-10-22(20(3)33)29(24)36)37-16-7-17-38-28-13-11-23-26(35)18-31(4,15-14-21(34)19-32)39-30(23)25(28)9-6-2;/h10-13,32,36H,5-9,14-19H2,1-4H3;1H2. The molecule has 0 aromatic heterocycles. The first-order chi connectivity index (χ1) is 18.6. The molecular formula is C31H42O9. The fourth-order valence-electron chi connectivity index (χ4n) is 4.86. The molecular weight excluding hydrogens is 516 g/mol. The van der Waals surface area contributed by atoms with Crippen molar-refractivity contribution in [2.45, 2.75) is 84.7 Å². The topological polar surface area (TPSA) is 151 Å². The number of fused-ring (bicyclic) bond motifs is 1. The first kappa shape index (κ1) is 32.8. The lowest BCUT2D eigenvalue weighted by Gasteiger charge is -2.36. The van der Waals surface area contributed by atoms with E-state index in [0.29, 0.717) is 72.8 Å². The Morgan fingerprint density at radius 3 is 2.20 bits per heavy atom. The molecule has 9 nitrogen and oxygen atoms in total. The van der Waals surface area contributed by atoms with Crippen LogP contribution in [0.25, 0.3) is 0 Å². The highest BCUT2D eigenvalue weighted by Crippen LogP contribution is 2.42. The van der Waals surface area contributed by atoms with Crippen molar-refractivity contribution >= 4 is 17.3 Å². The van der Waals surface area contributed by atoms with Gasteiger partial charge in [-0.2, -0.15) is 0 Å². The van der Waals surface area contributed by atoms with Crippen LogP contribution in [0.3, 0.4) is 0 Å². The van der Waals surface area contributed by atoms with Crippen molar-refractivity contribution < 1.29 is 44.3 Å². The van der Waals surface area contributed by atoms with Gasteiger partial charge in [0, 0.05) is 24.0 Å². The lowest BCUT2D eigenvalue weighted by Crippen LogP contribution is -2.40. The van der Waals surface area contributed by atoms with Crippen LogP contribution in [0.4, 0.5) is 0 Å². The highest BCUT2D eigenvalue weighted by molar-refractivity contribution is 6.01.